The van der Waals surface area contributed by atoms with Gasteiger partial charge in [-0.15, -0.1) is 0 Å². The van der Waals surface area contributed by atoms with E-state index in [-0.39, 0.29) is 6.42 Å². The van der Waals surface area contributed by atoms with Crippen LogP contribution in [-0.4, -0.2) is 34.2 Å². The molecule has 1 rings (SSSR count). The number of benzene rings is 1. The fraction of sp³-hybridized carbons (Fsp3) is 0.600. The van der Waals surface area contributed by atoms with Gasteiger partial charge in [0.15, 0.2) is 0 Å². The van der Waals surface area contributed by atoms with Gasteiger partial charge >= 0.3 is 11.9 Å². The SMILES string of the molecule is CCCCCC/C=C\CCCCCCC(N[C@H](Cc1ccccc1)C(=O)O)C(=O)O. The molecular weight excluding hydrogens is 378 g/mol. The van der Waals surface area contributed by atoms with Crippen molar-refractivity contribution < 1.29 is 19.8 Å². The molecule has 0 spiro atoms. The second-order valence-corrected chi connectivity index (χ2v) is 7.95. The van der Waals surface area contributed by atoms with Crippen molar-refractivity contribution in [3.63, 3.8) is 0 Å². The van der Waals surface area contributed by atoms with Crippen LogP contribution in [0.15, 0.2) is 42.5 Å². The van der Waals surface area contributed by atoms with E-state index in [9.17, 15) is 19.8 Å². The van der Waals surface area contributed by atoms with E-state index >= 15 is 0 Å². The molecule has 0 bridgehead atoms. The van der Waals surface area contributed by atoms with Crippen molar-refractivity contribution in [2.45, 2.75) is 96.1 Å². The van der Waals surface area contributed by atoms with Crippen LogP contribution < -0.4 is 5.32 Å². The first kappa shape index (κ1) is 25.9. The molecule has 5 nitrogen and oxygen atoms in total. The molecule has 0 fully saturated rings. The molecule has 0 amide bonds. The van der Waals surface area contributed by atoms with Crippen LogP contribution in [0, 0.1) is 0 Å². The number of carbonyl (C=O) groups is 2. The van der Waals surface area contributed by atoms with Gasteiger partial charge in [-0.3, -0.25) is 14.9 Å². The quantitative estimate of drug-likeness (QED) is 0.214. The minimum atomic E-state index is -1.02. The highest BCUT2D eigenvalue weighted by Gasteiger charge is 2.25. The van der Waals surface area contributed by atoms with Crippen molar-refractivity contribution in [2.24, 2.45) is 0 Å². The summed E-state index contributed by atoms with van der Waals surface area (Å²) in [7, 11) is 0. The molecule has 0 saturated carbocycles. The molecule has 5 heteroatoms. The van der Waals surface area contributed by atoms with Gasteiger partial charge in [-0.1, -0.05) is 87.9 Å². The molecule has 3 N–H and O–H groups in total. The number of rotatable bonds is 18. The molecule has 1 aromatic carbocycles. The van der Waals surface area contributed by atoms with Gasteiger partial charge in [-0.05, 0) is 44.1 Å². The molecule has 0 aliphatic carbocycles. The molecule has 0 saturated heterocycles. The Morgan fingerprint density at radius 2 is 1.40 bits per heavy atom. The van der Waals surface area contributed by atoms with E-state index in [0.717, 1.165) is 37.7 Å². The smallest absolute Gasteiger partial charge is 0.321 e. The van der Waals surface area contributed by atoms with E-state index in [0.29, 0.717) is 6.42 Å². The highest BCUT2D eigenvalue weighted by Crippen LogP contribution is 2.11. The fourth-order valence-electron chi connectivity index (χ4n) is 3.48. The van der Waals surface area contributed by atoms with Crippen molar-refractivity contribution in [3.8, 4) is 0 Å². The van der Waals surface area contributed by atoms with Crippen LogP contribution >= 0.6 is 0 Å². The Morgan fingerprint density at radius 3 is 1.97 bits per heavy atom. The Kier molecular flexibility index (Phi) is 14.4. The van der Waals surface area contributed by atoms with Gasteiger partial charge in [0.1, 0.15) is 12.1 Å². The van der Waals surface area contributed by atoms with Gasteiger partial charge in [0.05, 0.1) is 0 Å². The zero-order chi connectivity index (χ0) is 22.0. The lowest BCUT2D eigenvalue weighted by Crippen LogP contribution is -2.48. The normalized spacial score (nSPS) is 13.4. The Balaban J connectivity index is 2.26. The molecule has 30 heavy (non-hydrogen) atoms. The summed E-state index contributed by atoms with van der Waals surface area (Å²) in [4.78, 5) is 23.2. The first-order chi connectivity index (χ1) is 14.5. The summed E-state index contributed by atoms with van der Waals surface area (Å²) in [5.74, 6) is -2.01. The zero-order valence-electron chi connectivity index (χ0n) is 18.4. The van der Waals surface area contributed by atoms with E-state index < -0.39 is 24.0 Å². The summed E-state index contributed by atoms with van der Waals surface area (Å²) in [6, 6.07) is 7.54. The molecule has 0 aliphatic rings. The summed E-state index contributed by atoms with van der Waals surface area (Å²) < 4.78 is 0. The van der Waals surface area contributed by atoms with Crippen LogP contribution in [0.4, 0.5) is 0 Å². The van der Waals surface area contributed by atoms with Crippen LogP contribution in [0.3, 0.4) is 0 Å². The molecule has 1 unspecified atom stereocenters. The monoisotopic (exact) mass is 417 g/mol. The third-order valence-corrected chi connectivity index (χ3v) is 5.29. The maximum atomic E-state index is 11.6. The maximum absolute atomic E-state index is 11.6. The maximum Gasteiger partial charge on any atom is 0.321 e. The number of nitrogens with one attached hydrogen (secondary N) is 1. The van der Waals surface area contributed by atoms with E-state index in [1.54, 1.807) is 0 Å². The van der Waals surface area contributed by atoms with Gasteiger partial charge in [-0.2, -0.15) is 0 Å². The van der Waals surface area contributed by atoms with E-state index in [4.69, 9.17) is 0 Å². The minimum absolute atomic E-state index is 0.269. The van der Waals surface area contributed by atoms with Crippen molar-refractivity contribution in [3.05, 3.63) is 48.0 Å². The molecule has 0 aliphatic heterocycles. The minimum Gasteiger partial charge on any atom is -0.480 e. The molecule has 0 radical (unpaired) electrons. The van der Waals surface area contributed by atoms with Crippen molar-refractivity contribution in [1.29, 1.82) is 0 Å². The molecule has 0 aromatic heterocycles. The zero-order valence-corrected chi connectivity index (χ0v) is 18.4. The Bertz CT molecular complexity index is 615. The van der Waals surface area contributed by atoms with Gasteiger partial charge < -0.3 is 10.2 Å². The predicted molar refractivity (Wildman–Crippen MR) is 122 cm³/mol. The van der Waals surface area contributed by atoms with Gasteiger partial charge in [0.25, 0.3) is 0 Å². The third kappa shape index (κ3) is 12.4. The van der Waals surface area contributed by atoms with Crippen molar-refractivity contribution in [1.82, 2.24) is 5.32 Å². The van der Waals surface area contributed by atoms with Crippen LogP contribution in [0.5, 0.6) is 0 Å². The summed E-state index contributed by atoms with van der Waals surface area (Å²) in [5.41, 5.74) is 0.875. The largest absolute Gasteiger partial charge is 0.480 e. The number of unbranched alkanes of at least 4 members (excludes halogenated alkanes) is 8. The Labute approximate surface area is 181 Å². The summed E-state index contributed by atoms with van der Waals surface area (Å²) in [6.45, 7) is 2.22. The van der Waals surface area contributed by atoms with Crippen LogP contribution in [-0.2, 0) is 16.0 Å². The van der Waals surface area contributed by atoms with Gasteiger partial charge in [-0.25, -0.2) is 0 Å². The Morgan fingerprint density at radius 1 is 0.833 bits per heavy atom. The second kappa shape index (κ2) is 16.6. The first-order valence-electron chi connectivity index (χ1n) is 11.4. The van der Waals surface area contributed by atoms with Crippen LogP contribution in [0.2, 0.25) is 0 Å². The van der Waals surface area contributed by atoms with Gasteiger partial charge in [0.2, 0.25) is 0 Å². The lowest BCUT2D eigenvalue weighted by Gasteiger charge is -2.20. The number of hydrogen-bond acceptors (Lipinski definition) is 3. The molecule has 1 aromatic rings. The van der Waals surface area contributed by atoms with E-state index in [1.165, 1.54) is 32.1 Å². The van der Waals surface area contributed by atoms with Crippen molar-refractivity contribution in [2.75, 3.05) is 0 Å². The summed E-state index contributed by atoms with van der Waals surface area (Å²) in [6.07, 6.45) is 16.6. The average molecular weight is 418 g/mol. The summed E-state index contributed by atoms with van der Waals surface area (Å²) >= 11 is 0. The Hall–Kier alpha value is -2.14. The number of allylic oxidation sites excluding steroid dienone is 2. The molecule has 168 valence electrons. The van der Waals surface area contributed by atoms with E-state index in [2.05, 4.69) is 24.4 Å². The molecular formula is C25H39NO4. The fourth-order valence-corrected chi connectivity index (χ4v) is 3.48. The van der Waals surface area contributed by atoms with Crippen LogP contribution in [0.25, 0.3) is 0 Å². The number of carboxylic acid groups (broad SMARTS) is 2. The highest BCUT2D eigenvalue weighted by atomic mass is 16.4. The molecule has 0 heterocycles. The number of carboxylic acids is 2. The van der Waals surface area contributed by atoms with E-state index in [1.807, 2.05) is 30.3 Å². The van der Waals surface area contributed by atoms with Crippen molar-refractivity contribution >= 4 is 11.9 Å². The summed E-state index contributed by atoms with van der Waals surface area (Å²) in [5, 5.41) is 21.8. The topological polar surface area (TPSA) is 86.6 Å². The standard InChI is InChI=1S/C25H39NO4/c1-2-3-4-5-6-7-8-9-10-11-12-16-19-22(24(27)28)26-23(25(29)30)20-21-17-14-13-15-18-21/h7-8,13-15,17-18,22-23,26H,2-6,9-12,16,19-20H2,1H3,(H,27,28)(H,29,30)/b8-7-/t22?,23-/m1/s1. The number of aliphatic carboxylic acids is 2. The second-order valence-electron chi connectivity index (χ2n) is 7.95. The lowest BCUT2D eigenvalue weighted by atomic mass is 10.0. The average Bonchev–Trinajstić information content (AvgIpc) is 2.73. The third-order valence-electron chi connectivity index (χ3n) is 5.29. The highest BCUT2D eigenvalue weighted by molar-refractivity contribution is 5.77. The number of hydrogen-bond donors (Lipinski definition) is 3. The first-order valence-corrected chi connectivity index (χ1v) is 11.4. The van der Waals surface area contributed by atoms with Crippen LogP contribution in [0.1, 0.15) is 83.1 Å². The predicted octanol–water partition coefficient (Wildman–Crippen LogP) is 5.59. The lowest BCUT2D eigenvalue weighted by molar-refractivity contribution is -0.142. The van der Waals surface area contributed by atoms with Gasteiger partial charge in [0, 0.05) is 0 Å². The molecule has 2 atom stereocenters.